The number of piperidine rings is 1. The Hall–Kier alpha value is -2.83. The van der Waals surface area contributed by atoms with Crippen LogP contribution in [0.4, 0.5) is 5.69 Å². The third-order valence-corrected chi connectivity index (χ3v) is 4.77. The Labute approximate surface area is 139 Å². The van der Waals surface area contributed by atoms with Crippen molar-refractivity contribution in [2.75, 3.05) is 24.5 Å². The summed E-state index contributed by atoms with van der Waals surface area (Å²) in [6.45, 7) is 1.71. The zero-order chi connectivity index (χ0) is 16.5. The molecular formula is C17H17N5O2. The van der Waals surface area contributed by atoms with Crippen LogP contribution in [0.1, 0.15) is 16.9 Å². The van der Waals surface area contributed by atoms with Gasteiger partial charge in [0.2, 0.25) is 5.91 Å². The topological polar surface area (TPSA) is 79.3 Å². The van der Waals surface area contributed by atoms with Crippen molar-refractivity contribution < 1.29 is 9.59 Å². The van der Waals surface area contributed by atoms with Crippen LogP contribution in [0.25, 0.3) is 0 Å². The Kier molecular flexibility index (Phi) is 3.68. The molecule has 0 aliphatic carbocycles. The minimum absolute atomic E-state index is 0.0775. The standard InChI is InChI=1S/C17H17N5O2/c23-16-14-11-21(17(24)15-9-19-5-6-20-15)10-12(14)3-7-22(16)13-2-1-4-18-8-13/h1-2,4-6,8-9,12,14H,3,7,10-11H2/t12-,14+/m1/s1. The summed E-state index contributed by atoms with van der Waals surface area (Å²) in [4.78, 5) is 41.0. The van der Waals surface area contributed by atoms with E-state index in [2.05, 4.69) is 15.0 Å². The molecule has 0 bridgehead atoms. The summed E-state index contributed by atoms with van der Waals surface area (Å²) < 4.78 is 0. The highest BCUT2D eigenvalue weighted by Crippen LogP contribution is 2.34. The minimum atomic E-state index is -0.154. The molecule has 2 aliphatic rings. The van der Waals surface area contributed by atoms with Gasteiger partial charge in [-0.2, -0.15) is 0 Å². The van der Waals surface area contributed by atoms with E-state index in [1.165, 1.54) is 18.6 Å². The monoisotopic (exact) mass is 323 g/mol. The number of anilines is 1. The Morgan fingerprint density at radius 2 is 2.00 bits per heavy atom. The van der Waals surface area contributed by atoms with Crippen molar-refractivity contribution in [1.82, 2.24) is 19.9 Å². The highest BCUT2D eigenvalue weighted by molar-refractivity contribution is 5.98. The Balaban J connectivity index is 1.51. The molecule has 0 radical (unpaired) electrons. The molecule has 24 heavy (non-hydrogen) atoms. The number of rotatable bonds is 2. The Bertz CT molecular complexity index is 752. The van der Waals surface area contributed by atoms with Crippen LogP contribution in [0.2, 0.25) is 0 Å². The molecule has 2 amide bonds. The van der Waals surface area contributed by atoms with E-state index < -0.39 is 0 Å². The lowest BCUT2D eigenvalue weighted by atomic mass is 9.88. The predicted molar refractivity (Wildman–Crippen MR) is 86.1 cm³/mol. The second-order valence-electron chi connectivity index (χ2n) is 6.16. The van der Waals surface area contributed by atoms with E-state index in [-0.39, 0.29) is 23.7 Å². The lowest BCUT2D eigenvalue weighted by molar-refractivity contribution is -0.124. The molecule has 7 heteroatoms. The van der Waals surface area contributed by atoms with Crippen LogP contribution in [-0.4, -0.2) is 51.3 Å². The molecular weight excluding hydrogens is 306 g/mol. The van der Waals surface area contributed by atoms with Crippen molar-refractivity contribution in [2.45, 2.75) is 6.42 Å². The number of carbonyl (C=O) groups excluding carboxylic acids is 2. The highest BCUT2D eigenvalue weighted by Gasteiger charge is 2.44. The van der Waals surface area contributed by atoms with Crippen LogP contribution >= 0.6 is 0 Å². The van der Waals surface area contributed by atoms with Crippen LogP contribution < -0.4 is 4.90 Å². The number of nitrogens with zero attached hydrogens (tertiary/aromatic N) is 5. The van der Waals surface area contributed by atoms with E-state index in [1.54, 1.807) is 22.2 Å². The van der Waals surface area contributed by atoms with Gasteiger partial charge in [0.15, 0.2) is 0 Å². The summed E-state index contributed by atoms with van der Waals surface area (Å²) in [7, 11) is 0. The SMILES string of the molecule is O=C(c1cnccn1)N1C[C@H]2CCN(c3cccnc3)C(=O)[C@H]2C1. The van der Waals surface area contributed by atoms with Crippen LogP contribution in [0.3, 0.4) is 0 Å². The third-order valence-electron chi connectivity index (χ3n) is 4.77. The maximum absolute atomic E-state index is 12.8. The highest BCUT2D eigenvalue weighted by atomic mass is 16.2. The molecule has 0 spiro atoms. The van der Waals surface area contributed by atoms with Gasteiger partial charge in [0.25, 0.3) is 5.91 Å². The number of aromatic nitrogens is 3. The molecule has 4 rings (SSSR count). The fraction of sp³-hybridized carbons (Fsp3) is 0.353. The molecule has 2 saturated heterocycles. The van der Waals surface area contributed by atoms with Crippen molar-refractivity contribution in [3.8, 4) is 0 Å². The molecule has 0 N–H and O–H groups in total. The zero-order valence-electron chi connectivity index (χ0n) is 13.1. The molecule has 2 aliphatic heterocycles. The van der Waals surface area contributed by atoms with Gasteiger partial charge >= 0.3 is 0 Å². The second-order valence-corrected chi connectivity index (χ2v) is 6.16. The molecule has 4 heterocycles. The predicted octanol–water partition coefficient (Wildman–Crippen LogP) is 0.997. The number of pyridine rings is 1. The first-order chi connectivity index (χ1) is 11.7. The lowest BCUT2D eigenvalue weighted by Gasteiger charge is -2.33. The third kappa shape index (κ3) is 2.51. The fourth-order valence-corrected chi connectivity index (χ4v) is 3.56. The Morgan fingerprint density at radius 1 is 1.12 bits per heavy atom. The van der Waals surface area contributed by atoms with Gasteiger partial charge < -0.3 is 9.80 Å². The van der Waals surface area contributed by atoms with Crippen LogP contribution in [-0.2, 0) is 4.79 Å². The average molecular weight is 323 g/mol. The average Bonchev–Trinajstić information content (AvgIpc) is 3.08. The van der Waals surface area contributed by atoms with Gasteiger partial charge in [0.1, 0.15) is 5.69 Å². The van der Waals surface area contributed by atoms with Crippen molar-refractivity contribution in [3.63, 3.8) is 0 Å². The number of hydrogen-bond acceptors (Lipinski definition) is 5. The fourth-order valence-electron chi connectivity index (χ4n) is 3.56. The lowest BCUT2D eigenvalue weighted by Crippen LogP contribution is -2.45. The van der Waals surface area contributed by atoms with Gasteiger partial charge in [-0.3, -0.25) is 19.6 Å². The van der Waals surface area contributed by atoms with E-state index in [0.717, 1.165) is 12.1 Å². The summed E-state index contributed by atoms with van der Waals surface area (Å²) in [6, 6.07) is 3.72. The van der Waals surface area contributed by atoms with Gasteiger partial charge in [-0.15, -0.1) is 0 Å². The van der Waals surface area contributed by atoms with Crippen LogP contribution in [0.5, 0.6) is 0 Å². The van der Waals surface area contributed by atoms with E-state index in [4.69, 9.17) is 0 Å². The van der Waals surface area contributed by atoms with Gasteiger partial charge in [-0.1, -0.05) is 0 Å². The van der Waals surface area contributed by atoms with Gasteiger partial charge in [-0.25, -0.2) is 4.98 Å². The summed E-state index contributed by atoms with van der Waals surface area (Å²) in [5, 5.41) is 0. The van der Waals surface area contributed by atoms with E-state index in [1.807, 2.05) is 12.1 Å². The molecule has 0 unspecified atom stereocenters. The van der Waals surface area contributed by atoms with Crippen LogP contribution in [0.15, 0.2) is 43.1 Å². The molecule has 2 fully saturated rings. The normalized spacial score (nSPS) is 23.2. The molecule has 0 aromatic carbocycles. The molecule has 2 aromatic heterocycles. The summed E-state index contributed by atoms with van der Waals surface area (Å²) in [6.07, 6.45) is 8.79. The van der Waals surface area contributed by atoms with E-state index in [0.29, 0.717) is 25.3 Å². The first-order valence-electron chi connectivity index (χ1n) is 8.01. The quantitative estimate of drug-likeness (QED) is 0.824. The number of fused-ring (bicyclic) bond motifs is 1. The number of amides is 2. The first kappa shape index (κ1) is 14.7. The van der Waals surface area contributed by atoms with E-state index in [9.17, 15) is 9.59 Å². The van der Waals surface area contributed by atoms with Crippen molar-refractivity contribution >= 4 is 17.5 Å². The number of carbonyl (C=O) groups is 2. The smallest absolute Gasteiger partial charge is 0.274 e. The van der Waals surface area contributed by atoms with Gasteiger partial charge in [0, 0.05) is 38.2 Å². The maximum Gasteiger partial charge on any atom is 0.274 e. The molecule has 122 valence electrons. The molecule has 2 aromatic rings. The largest absolute Gasteiger partial charge is 0.336 e. The van der Waals surface area contributed by atoms with Crippen molar-refractivity contribution in [2.24, 2.45) is 11.8 Å². The molecule has 2 atom stereocenters. The van der Waals surface area contributed by atoms with E-state index >= 15 is 0 Å². The maximum atomic E-state index is 12.8. The number of hydrogen-bond donors (Lipinski definition) is 0. The molecule has 0 saturated carbocycles. The summed E-state index contributed by atoms with van der Waals surface area (Å²) >= 11 is 0. The van der Waals surface area contributed by atoms with Crippen molar-refractivity contribution in [1.29, 1.82) is 0 Å². The summed E-state index contributed by atoms with van der Waals surface area (Å²) in [5.41, 5.74) is 1.15. The minimum Gasteiger partial charge on any atom is -0.336 e. The number of likely N-dealkylation sites (tertiary alicyclic amines) is 1. The van der Waals surface area contributed by atoms with Gasteiger partial charge in [-0.05, 0) is 24.5 Å². The van der Waals surface area contributed by atoms with Crippen LogP contribution in [0, 0.1) is 11.8 Å². The first-order valence-corrected chi connectivity index (χ1v) is 8.01. The van der Waals surface area contributed by atoms with Gasteiger partial charge in [0.05, 0.1) is 24.0 Å². The molecule has 7 nitrogen and oxygen atoms in total. The second kappa shape index (κ2) is 5.99. The summed E-state index contributed by atoms with van der Waals surface area (Å²) in [5.74, 6) is -0.0162. The van der Waals surface area contributed by atoms with Crippen molar-refractivity contribution in [3.05, 3.63) is 48.8 Å². The Morgan fingerprint density at radius 3 is 2.75 bits per heavy atom. The zero-order valence-corrected chi connectivity index (χ0v) is 13.1.